The molecule has 0 bridgehead atoms. The molecule has 30 heavy (non-hydrogen) atoms. The van der Waals surface area contributed by atoms with Gasteiger partial charge in [0.15, 0.2) is 11.5 Å². The number of aliphatic hydroxyl groups is 1. The maximum Gasteiger partial charge on any atom is 0.344 e. The summed E-state index contributed by atoms with van der Waals surface area (Å²) in [5.41, 5.74) is 0.978. The molecule has 0 saturated carbocycles. The first-order valence-electron chi connectivity index (χ1n) is 9.15. The monoisotopic (exact) mass is 423 g/mol. The van der Waals surface area contributed by atoms with E-state index < -0.39 is 11.9 Å². The van der Waals surface area contributed by atoms with E-state index in [0.29, 0.717) is 22.0 Å². The Hall–Kier alpha value is -3.52. The van der Waals surface area contributed by atoms with Crippen LogP contribution in [0.2, 0.25) is 0 Å². The zero-order chi connectivity index (χ0) is 21.1. The zero-order valence-corrected chi connectivity index (χ0v) is 16.8. The van der Waals surface area contributed by atoms with Crippen molar-refractivity contribution in [2.75, 3.05) is 13.4 Å². The van der Waals surface area contributed by atoms with E-state index in [1.165, 1.54) is 0 Å². The van der Waals surface area contributed by atoms with Crippen LogP contribution in [0.4, 0.5) is 0 Å². The Morgan fingerprint density at radius 2 is 1.93 bits per heavy atom. The molecule has 2 heterocycles. The average molecular weight is 423 g/mol. The van der Waals surface area contributed by atoms with Gasteiger partial charge in [-0.05, 0) is 42.8 Å². The molecule has 1 amide bonds. The lowest BCUT2D eigenvalue weighted by Gasteiger charge is -2.03. The number of benzene rings is 2. The van der Waals surface area contributed by atoms with Crippen molar-refractivity contribution in [2.24, 2.45) is 4.99 Å². The van der Waals surface area contributed by atoms with Crippen LogP contribution in [0.25, 0.3) is 6.08 Å². The summed E-state index contributed by atoms with van der Waals surface area (Å²) in [6, 6.07) is 13.8. The van der Waals surface area contributed by atoms with E-state index in [1.807, 2.05) is 0 Å². The molecular weight excluding hydrogens is 406 g/mol. The number of hydrogen-bond acceptors (Lipinski definition) is 7. The maximum atomic E-state index is 12.5. The van der Waals surface area contributed by atoms with Crippen molar-refractivity contribution >= 4 is 34.8 Å². The lowest BCUT2D eigenvalue weighted by molar-refractivity contribution is -0.138. The highest BCUT2D eigenvalue weighted by Crippen LogP contribution is 2.40. The number of carbonyl (C=O) groups is 2. The highest BCUT2D eigenvalue weighted by atomic mass is 32.2. The minimum absolute atomic E-state index is 0.0896. The lowest BCUT2D eigenvalue weighted by Crippen LogP contribution is -2.14. The molecule has 0 saturated heterocycles. The van der Waals surface area contributed by atoms with Gasteiger partial charge in [-0.15, -0.1) is 0 Å². The third-order valence-electron chi connectivity index (χ3n) is 4.29. The molecule has 0 fully saturated rings. The number of amides is 1. The molecule has 2 aliphatic heterocycles. The summed E-state index contributed by atoms with van der Waals surface area (Å²) < 4.78 is 15.7. The molecule has 2 aromatic carbocycles. The first kappa shape index (κ1) is 19.8. The molecule has 4 rings (SSSR count). The number of aliphatic hydroxyl groups excluding tert-OH is 1. The van der Waals surface area contributed by atoms with Crippen LogP contribution in [0.1, 0.15) is 22.8 Å². The Balaban J connectivity index is 1.70. The van der Waals surface area contributed by atoms with Crippen molar-refractivity contribution in [3.8, 4) is 11.5 Å². The van der Waals surface area contributed by atoms with Crippen molar-refractivity contribution in [1.82, 2.24) is 0 Å². The van der Waals surface area contributed by atoms with Crippen molar-refractivity contribution in [2.45, 2.75) is 6.92 Å². The summed E-state index contributed by atoms with van der Waals surface area (Å²) in [6.07, 6.45) is 1.68. The van der Waals surface area contributed by atoms with Crippen molar-refractivity contribution < 1.29 is 28.9 Å². The number of rotatable bonds is 4. The van der Waals surface area contributed by atoms with Gasteiger partial charge in [-0.1, -0.05) is 36.0 Å². The number of nitrogens with zero attached hydrogens (tertiary/aromatic N) is 1. The van der Waals surface area contributed by atoms with Gasteiger partial charge in [0, 0.05) is 5.56 Å². The van der Waals surface area contributed by atoms with E-state index in [2.05, 4.69) is 4.99 Å². The van der Waals surface area contributed by atoms with E-state index in [0.717, 1.165) is 17.3 Å². The summed E-state index contributed by atoms with van der Waals surface area (Å²) in [6.45, 7) is 1.94. The van der Waals surface area contributed by atoms with E-state index in [-0.39, 0.29) is 29.8 Å². The van der Waals surface area contributed by atoms with Gasteiger partial charge in [0.25, 0.3) is 5.91 Å². The van der Waals surface area contributed by atoms with Gasteiger partial charge >= 0.3 is 5.97 Å². The van der Waals surface area contributed by atoms with Crippen LogP contribution < -0.4 is 9.47 Å². The fourth-order valence-electron chi connectivity index (χ4n) is 2.88. The summed E-state index contributed by atoms with van der Waals surface area (Å²) in [7, 11) is 0. The molecule has 0 aromatic heterocycles. The zero-order valence-electron chi connectivity index (χ0n) is 16.0. The minimum Gasteiger partial charge on any atom is -0.506 e. The minimum atomic E-state index is -0.740. The Morgan fingerprint density at radius 1 is 1.17 bits per heavy atom. The van der Waals surface area contributed by atoms with E-state index in [4.69, 9.17) is 14.2 Å². The third kappa shape index (κ3) is 3.95. The second-order valence-electron chi connectivity index (χ2n) is 6.26. The molecule has 0 unspecified atom stereocenters. The number of esters is 1. The maximum absolute atomic E-state index is 12.5. The van der Waals surface area contributed by atoms with Gasteiger partial charge in [0.2, 0.25) is 6.79 Å². The summed E-state index contributed by atoms with van der Waals surface area (Å²) in [4.78, 5) is 29.4. The normalized spacial score (nSPS) is 17.6. The second-order valence-corrected chi connectivity index (χ2v) is 7.29. The van der Waals surface area contributed by atoms with Gasteiger partial charge in [0.05, 0.1) is 11.5 Å². The van der Waals surface area contributed by atoms with Crippen molar-refractivity contribution in [3.05, 3.63) is 75.9 Å². The Labute approximate surface area is 176 Å². The van der Waals surface area contributed by atoms with Crippen LogP contribution in [0, 0.1) is 0 Å². The molecule has 8 heteroatoms. The fraction of sp³-hybridized carbons (Fsp3) is 0.136. The van der Waals surface area contributed by atoms with Gasteiger partial charge < -0.3 is 19.3 Å². The van der Waals surface area contributed by atoms with Gasteiger partial charge in [-0.2, -0.15) is 0 Å². The van der Waals surface area contributed by atoms with Crippen LogP contribution in [0.3, 0.4) is 0 Å². The number of carbonyl (C=O) groups excluding carboxylic acids is 2. The van der Waals surface area contributed by atoms with Crippen molar-refractivity contribution in [3.63, 3.8) is 0 Å². The van der Waals surface area contributed by atoms with E-state index in [9.17, 15) is 14.7 Å². The first-order valence-corrected chi connectivity index (χ1v) is 9.97. The topological polar surface area (TPSA) is 94.4 Å². The van der Waals surface area contributed by atoms with Crippen LogP contribution in [-0.4, -0.2) is 35.4 Å². The number of thioether (sulfide) groups is 1. The molecule has 7 nitrogen and oxygen atoms in total. The number of ether oxygens (including phenoxy) is 3. The predicted molar refractivity (Wildman–Crippen MR) is 113 cm³/mol. The summed E-state index contributed by atoms with van der Waals surface area (Å²) in [5, 5.41) is 10.8. The molecule has 0 radical (unpaired) electrons. The summed E-state index contributed by atoms with van der Waals surface area (Å²) >= 11 is 1.03. The highest BCUT2D eigenvalue weighted by Gasteiger charge is 2.34. The van der Waals surface area contributed by atoms with Gasteiger partial charge in [-0.3, -0.25) is 4.79 Å². The smallest absolute Gasteiger partial charge is 0.344 e. The summed E-state index contributed by atoms with van der Waals surface area (Å²) in [5.74, 6) is -0.308. The predicted octanol–water partition coefficient (Wildman–Crippen LogP) is 4.12. The molecular formula is C22H17NO6S. The van der Waals surface area contributed by atoms with Crippen LogP contribution >= 0.6 is 11.8 Å². The van der Waals surface area contributed by atoms with Crippen LogP contribution in [0.15, 0.2) is 69.8 Å². The first-order chi connectivity index (χ1) is 14.6. The molecule has 0 spiro atoms. The van der Waals surface area contributed by atoms with Crippen LogP contribution in [0.5, 0.6) is 11.5 Å². The van der Waals surface area contributed by atoms with E-state index in [1.54, 1.807) is 61.5 Å². The number of fused-ring (bicyclic) bond motifs is 1. The number of aliphatic imine (C=N–C) groups is 1. The molecule has 2 aliphatic rings. The molecule has 1 N–H and O–H groups in total. The lowest BCUT2D eigenvalue weighted by atomic mass is 10.1. The third-order valence-corrected chi connectivity index (χ3v) is 5.31. The quantitative estimate of drug-likeness (QED) is 0.739. The Kier molecular flexibility index (Phi) is 5.58. The van der Waals surface area contributed by atoms with Gasteiger partial charge in [0.1, 0.15) is 16.4 Å². The van der Waals surface area contributed by atoms with E-state index >= 15 is 0 Å². The standard InChI is InChI=1S/C22H17NO6S/c1-2-27-22(26)18-19(24)17(11-13-8-9-15-16(10-13)29-12-28-15)30-21(18)23-20(25)14-6-4-3-5-7-14/h3-11,24H,2,12H2,1H3. The van der Waals surface area contributed by atoms with Crippen molar-refractivity contribution in [1.29, 1.82) is 0 Å². The SMILES string of the molecule is CCOC(=O)C1=C(O)C(=Cc2ccc3c(c2)OCO3)SC1=NC(=O)c1ccccc1. The highest BCUT2D eigenvalue weighted by molar-refractivity contribution is 8.18. The second kappa shape index (κ2) is 8.46. The fourth-order valence-corrected chi connectivity index (χ4v) is 3.90. The molecule has 0 atom stereocenters. The Bertz CT molecular complexity index is 1100. The average Bonchev–Trinajstić information content (AvgIpc) is 3.33. The Morgan fingerprint density at radius 3 is 2.70 bits per heavy atom. The molecule has 0 aliphatic carbocycles. The largest absolute Gasteiger partial charge is 0.506 e. The number of hydrogen-bond donors (Lipinski definition) is 1. The van der Waals surface area contributed by atoms with Gasteiger partial charge in [-0.25, -0.2) is 9.79 Å². The van der Waals surface area contributed by atoms with Crippen LogP contribution in [-0.2, 0) is 9.53 Å². The molecule has 152 valence electrons. The molecule has 2 aromatic rings.